The molecule has 0 bridgehead atoms. The molecule has 1 saturated heterocycles. The van der Waals surface area contributed by atoms with E-state index in [0.29, 0.717) is 46.2 Å². The van der Waals surface area contributed by atoms with Gasteiger partial charge in [0.15, 0.2) is 0 Å². The van der Waals surface area contributed by atoms with Crippen LogP contribution >= 0.6 is 22.9 Å². The number of halogens is 2. The Morgan fingerprint density at radius 1 is 1.26 bits per heavy atom. The molecule has 35 heavy (non-hydrogen) atoms. The molecule has 2 fully saturated rings. The zero-order chi connectivity index (χ0) is 24.3. The molecule has 1 aliphatic heterocycles. The summed E-state index contributed by atoms with van der Waals surface area (Å²) in [6, 6.07) is 9.85. The molecular weight excluding hydrogens is 489 g/mol. The van der Waals surface area contributed by atoms with Gasteiger partial charge in [-0.3, -0.25) is 14.0 Å². The smallest absolute Gasteiger partial charge is 0.274 e. The number of amides is 2. The number of aromatic nitrogens is 3. The van der Waals surface area contributed by atoms with Gasteiger partial charge in [0.05, 0.1) is 27.1 Å². The number of aryl methyl sites for hydroxylation is 1. The van der Waals surface area contributed by atoms with E-state index < -0.39 is 5.82 Å². The molecule has 4 heterocycles. The molecule has 6 rings (SSSR count). The van der Waals surface area contributed by atoms with Gasteiger partial charge in [-0.15, -0.1) is 11.3 Å². The van der Waals surface area contributed by atoms with Crippen LogP contribution in [0.2, 0.25) is 5.02 Å². The molecule has 7 nitrogen and oxygen atoms in total. The Labute approximate surface area is 209 Å². The van der Waals surface area contributed by atoms with Crippen molar-refractivity contribution in [1.82, 2.24) is 24.6 Å². The summed E-state index contributed by atoms with van der Waals surface area (Å²) in [5.74, 6) is -0.247. The lowest BCUT2D eigenvalue weighted by molar-refractivity contribution is 0.0690. The number of rotatable bonds is 5. The van der Waals surface area contributed by atoms with Crippen molar-refractivity contribution in [3.05, 3.63) is 76.0 Å². The van der Waals surface area contributed by atoms with Crippen molar-refractivity contribution < 1.29 is 14.0 Å². The van der Waals surface area contributed by atoms with Crippen LogP contribution < -0.4 is 5.32 Å². The summed E-state index contributed by atoms with van der Waals surface area (Å²) in [6.07, 6.45) is 4.37. The molecular formula is C25H21ClFN5O2S. The van der Waals surface area contributed by atoms with Gasteiger partial charge in [-0.2, -0.15) is 0 Å². The van der Waals surface area contributed by atoms with E-state index in [2.05, 4.69) is 15.3 Å². The molecule has 2 amide bonds. The zero-order valence-corrected chi connectivity index (χ0v) is 20.3. The van der Waals surface area contributed by atoms with Crippen LogP contribution in [0.4, 0.5) is 4.39 Å². The Hall–Kier alpha value is -3.30. The van der Waals surface area contributed by atoms with Crippen molar-refractivity contribution in [3.8, 4) is 10.4 Å². The quantitative estimate of drug-likeness (QED) is 0.431. The Kier molecular flexibility index (Phi) is 5.34. The van der Waals surface area contributed by atoms with Gasteiger partial charge >= 0.3 is 0 Å². The average Bonchev–Trinajstić information content (AvgIpc) is 3.16. The third-order valence-electron chi connectivity index (χ3n) is 6.81. The fraction of sp³-hybridized carbons (Fsp3) is 0.280. The van der Waals surface area contributed by atoms with E-state index in [4.69, 9.17) is 11.6 Å². The van der Waals surface area contributed by atoms with E-state index in [-0.39, 0.29) is 34.1 Å². The molecule has 3 atom stereocenters. The van der Waals surface area contributed by atoms with Crippen LogP contribution in [0.5, 0.6) is 0 Å². The van der Waals surface area contributed by atoms with Gasteiger partial charge in [0.25, 0.3) is 11.8 Å². The molecule has 4 aromatic rings. The number of imidazole rings is 1. The number of carbonyl (C=O) groups is 2. The van der Waals surface area contributed by atoms with Crippen molar-refractivity contribution in [2.24, 2.45) is 11.8 Å². The summed E-state index contributed by atoms with van der Waals surface area (Å²) in [6.45, 7) is 2.71. The minimum absolute atomic E-state index is 0.151. The number of nitrogens with zero attached hydrogens (tertiary/aromatic N) is 4. The Balaban J connectivity index is 1.25. The largest absolute Gasteiger partial charge is 0.349 e. The Morgan fingerprint density at radius 2 is 2.11 bits per heavy atom. The number of piperidine rings is 1. The molecule has 3 aromatic heterocycles. The van der Waals surface area contributed by atoms with Crippen molar-refractivity contribution in [1.29, 1.82) is 0 Å². The summed E-state index contributed by atoms with van der Waals surface area (Å²) >= 11 is 7.55. The maximum absolute atomic E-state index is 14.7. The van der Waals surface area contributed by atoms with Gasteiger partial charge in [-0.1, -0.05) is 23.7 Å². The van der Waals surface area contributed by atoms with Gasteiger partial charge < -0.3 is 10.2 Å². The first kappa shape index (κ1) is 22.2. The number of fused-ring (bicyclic) bond motifs is 2. The fourth-order valence-corrected chi connectivity index (χ4v) is 6.33. The number of benzene rings is 1. The van der Waals surface area contributed by atoms with Crippen molar-refractivity contribution in [3.63, 3.8) is 0 Å². The minimum atomic E-state index is -0.490. The second-order valence-corrected chi connectivity index (χ2v) is 10.6. The van der Waals surface area contributed by atoms with Crippen LogP contribution in [-0.2, 0) is 0 Å². The number of hydrogen-bond acceptors (Lipinski definition) is 5. The number of nitrogens with one attached hydrogen (secondary N) is 1. The molecule has 1 saturated carbocycles. The number of pyridine rings is 1. The third kappa shape index (κ3) is 3.79. The van der Waals surface area contributed by atoms with E-state index in [9.17, 15) is 14.0 Å². The van der Waals surface area contributed by atoms with Crippen molar-refractivity contribution in [2.45, 2.75) is 19.4 Å². The summed E-state index contributed by atoms with van der Waals surface area (Å²) < 4.78 is 16.4. The molecule has 1 N–H and O–H groups in total. The summed E-state index contributed by atoms with van der Waals surface area (Å²) in [4.78, 5) is 37.5. The highest BCUT2D eigenvalue weighted by Gasteiger charge is 2.54. The molecule has 0 radical (unpaired) electrons. The number of likely N-dealkylation sites (tertiary alicyclic amines) is 1. The molecule has 2 aliphatic rings. The highest BCUT2D eigenvalue weighted by molar-refractivity contribution is 7.15. The van der Waals surface area contributed by atoms with E-state index in [1.165, 1.54) is 23.5 Å². The van der Waals surface area contributed by atoms with E-state index in [1.54, 1.807) is 34.7 Å². The standard InChI is InChI=1S/C25H21ClFN5O2S/c1-13-30-22(23(35-13)21-16(26)5-4-6-17(21)27)25(34)32-12-14-9-15(14)18(32)10-29-24(33)19-11-28-20-7-2-3-8-31(19)20/h2-8,11,14-15,18H,9-10,12H2,1H3,(H,29,33)/t14-,15-,18+/m0/s1. The van der Waals surface area contributed by atoms with Crippen molar-refractivity contribution in [2.75, 3.05) is 13.1 Å². The summed E-state index contributed by atoms with van der Waals surface area (Å²) in [5.41, 5.74) is 1.54. The normalized spacial score (nSPS) is 20.8. The lowest BCUT2D eigenvalue weighted by Gasteiger charge is -2.27. The van der Waals surface area contributed by atoms with Gasteiger partial charge in [-0.05, 0) is 49.4 Å². The first-order chi connectivity index (χ1) is 16.9. The van der Waals surface area contributed by atoms with E-state index in [1.807, 2.05) is 18.2 Å². The minimum Gasteiger partial charge on any atom is -0.349 e. The van der Waals surface area contributed by atoms with Gasteiger partial charge in [0.1, 0.15) is 22.9 Å². The predicted molar refractivity (Wildman–Crippen MR) is 131 cm³/mol. The van der Waals surface area contributed by atoms with E-state index >= 15 is 0 Å². The van der Waals surface area contributed by atoms with Crippen LogP contribution in [0.25, 0.3) is 16.1 Å². The monoisotopic (exact) mass is 509 g/mol. The first-order valence-corrected chi connectivity index (χ1v) is 12.5. The molecule has 0 spiro atoms. The van der Waals surface area contributed by atoms with E-state index in [0.717, 1.165) is 6.42 Å². The fourth-order valence-electron chi connectivity index (χ4n) is 5.05. The first-order valence-electron chi connectivity index (χ1n) is 11.4. The maximum atomic E-state index is 14.7. The van der Waals surface area contributed by atoms with Crippen LogP contribution in [0, 0.1) is 24.6 Å². The van der Waals surface area contributed by atoms with Crippen LogP contribution in [0.15, 0.2) is 48.8 Å². The maximum Gasteiger partial charge on any atom is 0.274 e. The highest BCUT2D eigenvalue weighted by Crippen LogP contribution is 2.50. The average molecular weight is 510 g/mol. The molecule has 10 heteroatoms. The molecule has 1 aliphatic carbocycles. The Bertz CT molecular complexity index is 1460. The SMILES string of the molecule is Cc1nc(C(=O)N2C[C@@H]3C[C@@H]3[C@H]2CNC(=O)c2cnc3ccccn23)c(-c2c(F)cccc2Cl)s1. The number of thiazole rings is 1. The van der Waals surface area contributed by atoms with Crippen molar-refractivity contribution >= 4 is 40.4 Å². The lowest BCUT2D eigenvalue weighted by Crippen LogP contribution is -2.46. The second kappa shape index (κ2) is 8.42. The number of hydrogen-bond donors (Lipinski definition) is 1. The van der Waals surface area contributed by atoms with Gasteiger partial charge in [-0.25, -0.2) is 14.4 Å². The van der Waals surface area contributed by atoms with Gasteiger partial charge in [0.2, 0.25) is 0 Å². The number of carbonyl (C=O) groups excluding carboxylic acids is 2. The second-order valence-electron chi connectivity index (χ2n) is 8.97. The highest BCUT2D eigenvalue weighted by atomic mass is 35.5. The van der Waals surface area contributed by atoms with Crippen LogP contribution in [0.3, 0.4) is 0 Å². The topological polar surface area (TPSA) is 79.6 Å². The zero-order valence-electron chi connectivity index (χ0n) is 18.7. The van der Waals surface area contributed by atoms with Crippen LogP contribution in [-0.4, -0.2) is 50.2 Å². The van der Waals surface area contributed by atoms with Gasteiger partial charge in [0, 0.05) is 24.8 Å². The van der Waals surface area contributed by atoms with Crippen LogP contribution in [0.1, 0.15) is 32.4 Å². The summed E-state index contributed by atoms with van der Waals surface area (Å²) in [7, 11) is 0. The molecule has 178 valence electrons. The Morgan fingerprint density at radius 3 is 2.94 bits per heavy atom. The molecule has 0 unspecified atom stereocenters. The summed E-state index contributed by atoms with van der Waals surface area (Å²) in [5, 5.41) is 3.89. The lowest BCUT2D eigenvalue weighted by atomic mass is 10.1. The third-order valence-corrected chi connectivity index (χ3v) is 8.12. The predicted octanol–water partition coefficient (Wildman–Crippen LogP) is 4.45. The molecule has 1 aromatic carbocycles.